The Bertz CT molecular complexity index is 283. The Kier molecular flexibility index (Phi) is 2.11. The Morgan fingerprint density at radius 1 is 1.64 bits per heavy atom. The first-order chi connectivity index (χ1) is 5.18. The average molecular weight is 151 g/mol. The van der Waals surface area contributed by atoms with E-state index in [1.807, 2.05) is 0 Å². The molecule has 0 aliphatic heterocycles. The van der Waals surface area contributed by atoms with Gasteiger partial charge in [-0.2, -0.15) is 0 Å². The van der Waals surface area contributed by atoms with Crippen molar-refractivity contribution in [2.75, 3.05) is 0 Å². The van der Waals surface area contributed by atoms with Crippen LogP contribution in [0.2, 0.25) is 0 Å². The molecule has 3 nitrogen and oxygen atoms in total. The molecule has 0 aliphatic rings. The highest BCUT2D eigenvalue weighted by Gasteiger charge is 1.90. The molecule has 0 aliphatic carbocycles. The lowest BCUT2D eigenvalue weighted by Crippen LogP contribution is -2.18. The number of aliphatic carboxylic acids is 1. The van der Waals surface area contributed by atoms with Crippen molar-refractivity contribution in [1.29, 1.82) is 0 Å². The number of furan rings is 1. The smallest absolute Gasteiger partial charge is 0.127 e. The van der Waals surface area contributed by atoms with Gasteiger partial charge in [-0.3, -0.25) is 0 Å². The van der Waals surface area contributed by atoms with Crippen LogP contribution >= 0.6 is 0 Å². The van der Waals surface area contributed by atoms with E-state index in [-0.39, 0.29) is 0 Å². The van der Waals surface area contributed by atoms with Crippen LogP contribution < -0.4 is 5.11 Å². The molecule has 0 saturated carbocycles. The molecule has 0 aromatic carbocycles. The predicted molar refractivity (Wildman–Crippen MR) is 37.5 cm³/mol. The van der Waals surface area contributed by atoms with Crippen LogP contribution in [0.4, 0.5) is 0 Å². The van der Waals surface area contributed by atoms with Crippen molar-refractivity contribution in [3.63, 3.8) is 0 Å². The Morgan fingerprint density at radius 3 is 2.82 bits per heavy atom. The van der Waals surface area contributed by atoms with Gasteiger partial charge in [0, 0.05) is 0 Å². The van der Waals surface area contributed by atoms with Crippen molar-refractivity contribution in [3.05, 3.63) is 29.7 Å². The van der Waals surface area contributed by atoms with Gasteiger partial charge in [0.1, 0.15) is 11.5 Å². The first kappa shape index (κ1) is 7.60. The van der Waals surface area contributed by atoms with Gasteiger partial charge < -0.3 is 14.3 Å². The van der Waals surface area contributed by atoms with Crippen molar-refractivity contribution < 1.29 is 14.3 Å². The third kappa shape index (κ3) is 2.29. The minimum absolute atomic E-state index is 0.520. The van der Waals surface area contributed by atoms with Gasteiger partial charge in [-0.1, -0.05) is 0 Å². The summed E-state index contributed by atoms with van der Waals surface area (Å²) in [6, 6.07) is 3.45. The van der Waals surface area contributed by atoms with Crippen LogP contribution in [0.25, 0.3) is 6.08 Å². The van der Waals surface area contributed by atoms with E-state index in [1.165, 1.54) is 6.08 Å². The number of carbonyl (C=O) groups excluding carboxylic acids is 1. The van der Waals surface area contributed by atoms with E-state index in [0.29, 0.717) is 5.76 Å². The van der Waals surface area contributed by atoms with Crippen LogP contribution in [-0.2, 0) is 4.79 Å². The summed E-state index contributed by atoms with van der Waals surface area (Å²) in [7, 11) is 0. The molecule has 11 heavy (non-hydrogen) atoms. The Labute approximate surface area is 64.0 Å². The molecule has 0 saturated heterocycles. The molecule has 0 unspecified atom stereocenters. The number of carboxylic acid groups (broad SMARTS) is 1. The summed E-state index contributed by atoms with van der Waals surface area (Å²) in [6.45, 7) is 1.79. The summed E-state index contributed by atoms with van der Waals surface area (Å²) in [5.74, 6) is 0.0498. The summed E-state index contributed by atoms with van der Waals surface area (Å²) < 4.78 is 5.06. The van der Waals surface area contributed by atoms with E-state index in [0.717, 1.165) is 11.8 Å². The molecule has 1 aromatic rings. The molecule has 0 amide bonds. The first-order valence-corrected chi connectivity index (χ1v) is 3.14. The van der Waals surface area contributed by atoms with Crippen molar-refractivity contribution >= 4 is 12.0 Å². The number of carbonyl (C=O) groups is 1. The maximum absolute atomic E-state index is 9.94. The second-order valence-electron chi connectivity index (χ2n) is 2.10. The second-order valence-corrected chi connectivity index (χ2v) is 2.10. The van der Waals surface area contributed by atoms with E-state index >= 15 is 0 Å². The molecule has 1 rings (SSSR count). The molecule has 1 heterocycles. The minimum atomic E-state index is -1.22. The lowest BCUT2D eigenvalue weighted by molar-refractivity contribution is -0.297. The molecule has 3 heteroatoms. The van der Waals surface area contributed by atoms with Crippen LogP contribution in [0.1, 0.15) is 11.5 Å². The van der Waals surface area contributed by atoms with E-state index in [1.54, 1.807) is 19.1 Å². The van der Waals surface area contributed by atoms with Gasteiger partial charge in [0.05, 0.1) is 5.97 Å². The predicted octanol–water partition coefficient (Wildman–Crippen LogP) is 0.351. The maximum Gasteiger partial charge on any atom is 0.127 e. The van der Waals surface area contributed by atoms with Gasteiger partial charge in [-0.15, -0.1) is 0 Å². The van der Waals surface area contributed by atoms with Crippen molar-refractivity contribution in [2.45, 2.75) is 6.92 Å². The summed E-state index contributed by atoms with van der Waals surface area (Å²) in [5.41, 5.74) is 0. The van der Waals surface area contributed by atoms with Crippen LogP contribution in [0, 0.1) is 6.92 Å². The minimum Gasteiger partial charge on any atom is -0.545 e. The second kappa shape index (κ2) is 3.05. The molecule has 1 aromatic heterocycles. The number of hydrogen-bond donors (Lipinski definition) is 0. The largest absolute Gasteiger partial charge is 0.545 e. The normalized spacial score (nSPS) is 10.6. The highest BCUT2D eigenvalue weighted by Crippen LogP contribution is 2.07. The van der Waals surface area contributed by atoms with Crippen LogP contribution in [0.3, 0.4) is 0 Å². The van der Waals surface area contributed by atoms with Crippen LogP contribution in [0.5, 0.6) is 0 Å². The highest BCUT2D eigenvalue weighted by atomic mass is 16.4. The first-order valence-electron chi connectivity index (χ1n) is 3.14. The van der Waals surface area contributed by atoms with Gasteiger partial charge in [0.2, 0.25) is 0 Å². The summed E-state index contributed by atoms with van der Waals surface area (Å²) in [5, 5.41) is 9.94. The highest BCUT2D eigenvalue weighted by molar-refractivity contribution is 5.82. The fraction of sp³-hybridized carbons (Fsp3) is 0.125. The SMILES string of the molecule is Cc1ccc(/C=C/C(=O)[O-])o1. The molecule has 58 valence electrons. The zero-order valence-electron chi connectivity index (χ0n) is 6.03. The van der Waals surface area contributed by atoms with Gasteiger partial charge in [0.15, 0.2) is 0 Å². The van der Waals surface area contributed by atoms with Crippen molar-refractivity contribution in [3.8, 4) is 0 Å². The maximum atomic E-state index is 9.94. The monoisotopic (exact) mass is 151 g/mol. The lowest BCUT2D eigenvalue weighted by Gasteiger charge is -1.88. The fourth-order valence-electron chi connectivity index (χ4n) is 0.693. The topological polar surface area (TPSA) is 53.3 Å². The Hall–Kier alpha value is -1.51. The van der Waals surface area contributed by atoms with E-state index in [4.69, 9.17) is 4.42 Å². The van der Waals surface area contributed by atoms with Crippen molar-refractivity contribution in [2.24, 2.45) is 0 Å². The standard InChI is InChI=1S/C8H8O3/c1-6-2-3-7(11-6)4-5-8(9)10/h2-5H,1H3,(H,9,10)/p-1/b5-4+. The Balaban J connectivity index is 2.71. The summed E-state index contributed by atoms with van der Waals surface area (Å²) in [6.07, 6.45) is 2.28. The molecular formula is C8H7O3-. The van der Waals surface area contributed by atoms with Gasteiger partial charge in [-0.05, 0) is 31.2 Å². The van der Waals surface area contributed by atoms with E-state index in [9.17, 15) is 9.90 Å². The average Bonchev–Trinajstić information content (AvgIpc) is 2.31. The lowest BCUT2D eigenvalue weighted by atomic mass is 10.4. The molecule has 0 radical (unpaired) electrons. The van der Waals surface area contributed by atoms with E-state index < -0.39 is 5.97 Å². The zero-order valence-corrected chi connectivity index (χ0v) is 6.03. The molecular weight excluding hydrogens is 144 g/mol. The number of aryl methyl sites for hydroxylation is 1. The van der Waals surface area contributed by atoms with Gasteiger partial charge in [0.25, 0.3) is 0 Å². The van der Waals surface area contributed by atoms with Gasteiger partial charge in [-0.25, -0.2) is 0 Å². The molecule has 0 spiro atoms. The fourth-order valence-corrected chi connectivity index (χ4v) is 0.693. The van der Waals surface area contributed by atoms with Crippen molar-refractivity contribution in [1.82, 2.24) is 0 Å². The van der Waals surface area contributed by atoms with E-state index in [2.05, 4.69) is 0 Å². The van der Waals surface area contributed by atoms with Crippen LogP contribution in [-0.4, -0.2) is 5.97 Å². The zero-order chi connectivity index (χ0) is 8.27. The number of carboxylic acids is 1. The third-order valence-electron chi connectivity index (χ3n) is 1.14. The number of rotatable bonds is 2. The third-order valence-corrected chi connectivity index (χ3v) is 1.14. The Morgan fingerprint density at radius 2 is 2.36 bits per heavy atom. The van der Waals surface area contributed by atoms with Gasteiger partial charge >= 0.3 is 0 Å². The molecule has 0 bridgehead atoms. The summed E-state index contributed by atoms with van der Waals surface area (Å²) in [4.78, 5) is 9.94. The molecule has 0 fully saturated rings. The summed E-state index contributed by atoms with van der Waals surface area (Å²) >= 11 is 0. The number of hydrogen-bond acceptors (Lipinski definition) is 3. The molecule has 0 N–H and O–H groups in total. The molecule has 0 atom stereocenters. The quantitative estimate of drug-likeness (QED) is 0.573. The van der Waals surface area contributed by atoms with Crippen LogP contribution in [0.15, 0.2) is 22.6 Å².